The van der Waals surface area contributed by atoms with E-state index in [2.05, 4.69) is 15.5 Å². The van der Waals surface area contributed by atoms with Crippen molar-refractivity contribution < 1.29 is 14.0 Å². The van der Waals surface area contributed by atoms with E-state index < -0.39 is 0 Å². The number of hydrogen-bond donors (Lipinski definition) is 1. The Balaban J connectivity index is 1.54. The summed E-state index contributed by atoms with van der Waals surface area (Å²) in [6, 6.07) is 11.5. The van der Waals surface area contributed by atoms with Gasteiger partial charge in [-0.15, -0.1) is 10.2 Å². The molecule has 0 unspecified atom stereocenters. The first-order valence-electron chi connectivity index (χ1n) is 9.95. The summed E-state index contributed by atoms with van der Waals surface area (Å²) >= 11 is 7.45. The Bertz CT molecular complexity index is 1090. The van der Waals surface area contributed by atoms with Crippen molar-refractivity contribution in [1.82, 2.24) is 25.0 Å². The van der Waals surface area contributed by atoms with Crippen LogP contribution in [0.15, 0.2) is 53.9 Å². The molecule has 32 heavy (non-hydrogen) atoms. The minimum Gasteiger partial charge on any atom is -0.350 e. The zero-order chi connectivity index (χ0) is 23.1. The molecule has 3 aromatic rings. The number of hydrogen-bond acceptors (Lipinski definition) is 5. The Kier molecular flexibility index (Phi) is 8.24. The first kappa shape index (κ1) is 23.7. The Morgan fingerprint density at radius 2 is 1.97 bits per heavy atom. The molecule has 2 aromatic carbocycles. The highest BCUT2D eigenvalue weighted by Crippen LogP contribution is 2.24. The molecule has 1 heterocycles. The van der Waals surface area contributed by atoms with Crippen LogP contribution in [0.4, 0.5) is 4.39 Å². The van der Waals surface area contributed by atoms with Crippen LogP contribution < -0.4 is 5.32 Å². The lowest BCUT2D eigenvalue weighted by atomic mass is 10.2. The SMILES string of the molecule is CCN(CC(=O)NCc1ccc(F)cc1)C(=O)CSc1nncn1-c1ccc(C)c(Cl)c1. The highest BCUT2D eigenvalue weighted by Gasteiger charge is 2.18. The maximum Gasteiger partial charge on any atom is 0.239 e. The highest BCUT2D eigenvalue weighted by molar-refractivity contribution is 7.99. The fraction of sp³-hybridized carbons (Fsp3) is 0.273. The molecular formula is C22H23ClFN5O2S. The summed E-state index contributed by atoms with van der Waals surface area (Å²) in [5.41, 5.74) is 2.54. The molecule has 0 aliphatic carbocycles. The van der Waals surface area contributed by atoms with Gasteiger partial charge in [0.2, 0.25) is 11.8 Å². The number of carbonyl (C=O) groups excluding carboxylic acids is 2. The molecule has 0 radical (unpaired) electrons. The first-order valence-corrected chi connectivity index (χ1v) is 11.3. The molecule has 0 fully saturated rings. The number of nitrogens with zero attached hydrogens (tertiary/aromatic N) is 4. The Labute approximate surface area is 195 Å². The highest BCUT2D eigenvalue weighted by atomic mass is 35.5. The molecule has 1 aromatic heterocycles. The number of benzene rings is 2. The average molecular weight is 476 g/mol. The van der Waals surface area contributed by atoms with Crippen LogP contribution in [-0.2, 0) is 16.1 Å². The van der Waals surface area contributed by atoms with E-state index in [-0.39, 0.29) is 36.5 Å². The largest absolute Gasteiger partial charge is 0.350 e. The van der Waals surface area contributed by atoms with Crippen LogP contribution in [0, 0.1) is 12.7 Å². The molecule has 0 aliphatic rings. The second kappa shape index (κ2) is 11.1. The third-order valence-electron chi connectivity index (χ3n) is 4.75. The van der Waals surface area contributed by atoms with Gasteiger partial charge >= 0.3 is 0 Å². The van der Waals surface area contributed by atoms with Crippen LogP contribution >= 0.6 is 23.4 Å². The second-order valence-corrected chi connectivity index (χ2v) is 8.37. The fourth-order valence-corrected chi connectivity index (χ4v) is 3.86. The van der Waals surface area contributed by atoms with Crippen molar-refractivity contribution in [2.24, 2.45) is 0 Å². The number of nitrogens with one attached hydrogen (secondary N) is 1. The van der Waals surface area contributed by atoms with Gasteiger partial charge in [0, 0.05) is 18.1 Å². The molecule has 10 heteroatoms. The summed E-state index contributed by atoms with van der Waals surface area (Å²) in [6.45, 7) is 4.33. The van der Waals surface area contributed by atoms with E-state index in [1.807, 2.05) is 32.0 Å². The summed E-state index contributed by atoms with van der Waals surface area (Å²) in [6.07, 6.45) is 1.56. The van der Waals surface area contributed by atoms with Gasteiger partial charge in [0.05, 0.1) is 18.0 Å². The van der Waals surface area contributed by atoms with Gasteiger partial charge in [-0.25, -0.2) is 4.39 Å². The number of aryl methyl sites for hydroxylation is 1. The van der Waals surface area contributed by atoms with E-state index in [4.69, 9.17) is 11.6 Å². The quantitative estimate of drug-likeness (QED) is 0.478. The van der Waals surface area contributed by atoms with Crippen LogP contribution in [0.25, 0.3) is 5.69 Å². The van der Waals surface area contributed by atoms with Crippen LogP contribution in [0.1, 0.15) is 18.1 Å². The molecule has 0 saturated carbocycles. The van der Waals surface area contributed by atoms with Gasteiger partial charge in [0.25, 0.3) is 0 Å². The van der Waals surface area contributed by atoms with Gasteiger partial charge in [0.15, 0.2) is 5.16 Å². The molecule has 0 bridgehead atoms. The normalized spacial score (nSPS) is 10.8. The van der Waals surface area contributed by atoms with Crippen LogP contribution in [0.3, 0.4) is 0 Å². The Morgan fingerprint density at radius 1 is 1.22 bits per heavy atom. The van der Waals surface area contributed by atoms with E-state index in [9.17, 15) is 14.0 Å². The zero-order valence-electron chi connectivity index (χ0n) is 17.7. The predicted octanol–water partition coefficient (Wildman–Crippen LogP) is 3.63. The Hall–Kier alpha value is -2.91. The van der Waals surface area contributed by atoms with Gasteiger partial charge in [0.1, 0.15) is 12.1 Å². The molecule has 0 atom stereocenters. The number of carbonyl (C=O) groups is 2. The van der Waals surface area contributed by atoms with Gasteiger partial charge in [-0.3, -0.25) is 14.2 Å². The predicted molar refractivity (Wildman–Crippen MR) is 122 cm³/mol. The molecule has 0 aliphatic heterocycles. The molecule has 0 saturated heterocycles. The van der Waals surface area contributed by atoms with E-state index in [1.54, 1.807) is 23.0 Å². The minimum absolute atomic E-state index is 0.0582. The summed E-state index contributed by atoms with van der Waals surface area (Å²) in [4.78, 5) is 26.4. The van der Waals surface area contributed by atoms with E-state index in [1.165, 1.54) is 28.8 Å². The maximum atomic E-state index is 13.0. The monoisotopic (exact) mass is 475 g/mol. The van der Waals surface area contributed by atoms with Crippen molar-refractivity contribution in [3.63, 3.8) is 0 Å². The van der Waals surface area contributed by atoms with Crippen molar-refractivity contribution in [3.8, 4) is 5.69 Å². The van der Waals surface area contributed by atoms with Crippen molar-refractivity contribution in [1.29, 1.82) is 0 Å². The summed E-state index contributed by atoms with van der Waals surface area (Å²) in [5, 5.41) is 12.0. The molecule has 168 valence electrons. The van der Waals surface area contributed by atoms with Crippen molar-refractivity contribution >= 4 is 35.2 Å². The van der Waals surface area contributed by atoms with Gasteiger partial charge < -0.3 is 10.2 Å². The van der Waals surface area contributed by atoms with Crippen LogP contribution in [0.5, 0.6) is 0 Å². The fourth-order valence-electron chi connectivity index (χ4n) is 2.86. The third-order valence-corrected chi connectivity index (χ3v) is 6.08. The topological polar surface area (TPSA) is 80.1 Å². The molecule has 0 spiro atoms. The van der Waals surface area contributed by atoms with Gasteiger partial charge in [-0.05, 0) is 49.2 Å². The number of rotatable bonds is 9. The van der Waals surface area contributed by atoms with Gasteiger partial charge in [-0.1, -0.05) is 41.6 Å². The standard InChI is InChI=1S/C22H23ClFN5O2S/c1-3-28(12-20(30)25-11-16-5-7-17(24)8-6-16)21(31)13-32-22-27-26-14-29(22)18-9-4-15(2)19(23)10-18/h4-10,14H,3,11-13H2,1-2H3,(H,25,30). The summed E-state index contributed by atoms with van der Waals surface area (Å²) in [5.74, 6) is -0.697. The van der Waals surface area contributed by atoms with E-state index in [0.717, 1.165) is 16.8 Å². The van der Waals surface area contributed by atoms with E-state index >= 15 is 0 Å². The number of thioether (sulfide) groups is 1. The lowest BCUT2D eigenvalue weighted by molar-refractivity contribution is -0.133. The van der Waals surface area contributed by atoms with Crippen LogP contribution in [0.2, 0.25) is 5.02 Å². The average Bonchev–Trinajstić information content (AvgIpc) is 3.26. The number of likely N-dealkylation sites (N-methyl/N-ethyl adjacent to an activating group) is 1. The minimum atomic E-state index is -0.332. The number of amides is 2. The van der Waals surface area contributed by atoms with Crippen molar-refractivity contribution in [3.05, 3.63) is 70.8 Å². The zero-order valence-corrected chi connectivity index (χ0v) is 19.3. The number of halogens is 2. The lowest BCUT2D eigenvalue weighted by Crippen LogP contribution is -2.41. The molecule has 7 nitrogen and oxygen atoms in total. The lowest BCUT2D eigenvalue weighted by Gasteiger charge is -2.20. The molecule has 1 N–H and O–H groups in total. The van der Waals surface area contributed by atoms with E-state index in [0.29, 0.717) is 16.7 Å². The van der Waals surface area contributed by atoms with Crippen molar-refractivity contribution in [2.45, 2.75) is 25.5 Å². The molecule has 3 rings (SSSR count). The summed E-state index contributed by atoms with van der Waals surface area (Å²) in [7, 11) is 0. The first-order chi connectivity index (χ1) is 15.4. The second-order valence-electron chi connectivity index (χ2n) is 7.02. The Morgan fingerprint density at radius 3 is 2.66 bits per heavy atom. The molecular weight excluding hydrogens is 453 g/mol. The smallest absolute Gasteiger partial charge is 0.239 e. The maximum absolute atomic E-state index is 13.0. The van der Waals surface area contributed by atoms with Gasteiger partial charge in [-0.2, -0.15) is 0 Å². The van der Waals surface area contributed by atoms with Crippen LogP contribution in [-0.4, -0.2) is 50.3 Å². The number of aromatic nitrogens is 3. The molecule has 2 amide bonds. The summed E-state index contributed by atoms with van der Waals surface area (Å²) < 4.78 is 14.7. The third kappa shape index (κ3) is 6.30. The van der Waals surface area contributed by atoms with Crippen molar-refractivity contribution in [2.75, 3.05) is 18.8 Å².